The monoisotopic (exact) mass is 551 g/mol. The maximum atomic E-state index is 14.0. The third kappa shape index (κ3) is 5.94. The van der Waals surface area contributed by atoms with Crippen LogP contribution in [-0.2, 0) is 23.2 Å². The first kappa shape index (κ1) is 27.1. The molecule has 1 aromatic heterocycles. The molecule has 2 aliphatic rings. The van der Waals surface area contributed by atoms with Crippen LogP contribution >= 0.6 is 0 Å². The molecule has 0 radical (unpaired) electrons. The highest BCUT2D eigenvalue weighted by molar-refractivity contribution is 7.96. The van der Waals surface area contributed by atoms with Crippen LogP contribution in [0.5, 0.6) is 11.5 Å². The average Bonchev–Trinajstić information content (AvgIpc) is 3.15. The van der Waals surface area contributed by atoms with E-state index in [1.807, 2.05) is 50.2 Å². The highest BCUT2D eigenvalue weighted by Crippen LogP contribution is 2.43. The Morgan fingerprint density at radius 3 is 2.62 bits per heavy atom. The zero-order valence-electron chi connectivity index (χ0n) is 22.5. The number of nitrogens with zero attached hydrogens (tertiary/aromatic N) is 3. The maximum absolute atomic E-state index is 14.0. The van der Waals surface area contributed by atoms with Crippen LogP contribution in [0.4, 0.5) is 10.1 Å². The second kappa shape index (κ2) is 11.0. The SMILES string of the molecule is CC(C)Oc1cc(CN2CC[C@]3(C=CS(=O)(=O)N3c3cccc(F)c3)C[C@@H]2C)ncc1OCc1ccccc1. The lowest BCUT2D eigenvalue weighted by atomic mass is 9.83. The third-order valence-electron chi connectivity index (χ3n) is 7.21. The molecule has 7 nitrogen and oxygen atoms in total. The molecule has 2 aliphatic heterocycles. The molecule has 1 fully saturated rings. The van der Waals surface area contributed by atoms with Gasteiger partial charge < -0.3 is 9.47 Å². The van der Waals surface area contributed by atoms with Gasteiger partial charge in [-0.3, -0.25) is 14.2 Å². The van der Waals surface area contributed by atoms with Gasteiger partial charge in [0, 0.05) is 30.6 Å². The van der Waals surface area contributed by atoms with Gasteiger partial charge in [-0.1, -0.05) is 36.4 Å². The molecule has 206 valence electrons. The quantitative estimate of drug-likeness (QED) is 0.359. The molecular weight excluding hydrogens is 517 g/mol. The maximum Gasteiger partial charge on any atom is 0.258 e. The number of aromatic nitrogens is 1. The predicted molar refractivity (Wildman–Crippen MR) is 150 cm³/mol. The van der Waals surface area contributed by atoms with Gasteiger partial charge in [0.1, 0.15) is 12.4 Å². The van der Waals surface area contributed by atoms with Crippen molar-refractivity contribution in [3.05, 3.63) is 95.4 Å². The smallest absolute Gasteiger partial charge is 0.258 e. The molecule has 0 N–H and O–H groups in total. The third-order valence-corrected chi connectivity index (χ3v) is 8.77. The van der Waals surface area contributed by atoms with Crippen molar-refractivity contribution in [3.63, 3.8) is 0 Å². The molecule has 0 bridgehead atoms. The van der Waals surface area contributed by atoms with Crippen molar-refractivity contribution in [1.29, 1.82) is 0 Å². The number of anilines is 1. The minimum Gasteiger partial charge on any atom is -0.487 e. The van der Waals surface area contributed by atoms with Gasteiger partial charge in [-0.05, 0) is 63.5 Å². The number of benzene rings is 2. The van der Waals surface area contributed by atoms with E-state index in [0.29, 0.717) is 49.7 Å². The van der Waals surface area contributed by atoms with E-state index in [2.05, 4.69) is 16.8 Å². The van der Waals surface area contributed by atoms with Crippen molar-refractivity contribution >= 4 is 15.7 Å². The molecule has 0 amide bonds. The van der Waals surface area contributed by atoms with Crippen LogP contribution in [0.2, 0.25) is 0 Å². The average molecular weight is 552 g/mol. The van der Waals surface area contributed by atoms with E-state index in [9.17, 15) is 12.8 Å². The fourth-order valence-electron chi connectivity index (χ4n) is 5.42. The molecule has 2 aromatic carbocycles. The molecule has 9 heteroatoms. The largest absolute Gasteiger partial charge is 0.487 e. The van der Waals surface area contributed by atoms with Crippen molar-refractivity contribution in [1.82, 2.24) is 9.88 Å². The van der Waals surface area contributed by atoms with Crippen molar-refractivity contribution in [2.24, 2.45) is 0 Å². The highest BCUT2D eigenvalue weighted by Gasteiger charge is 2.49. The number of halogens is 1. The summed E-state index contributed by atoms with van der Waals surface area (Å²) in [5.74, 6) is 0.778. The standard InChI is InChI=1S/C30H34FN3O4S/c1-22(2)38-28-17-26(32-19-29(28)37-21-24-8-5-4-6-9-24)20-33-14-12-30(18-23(33)3)13-15-39(35,36)34(30)27-11-7-10-25(31)16-27/h4-11,13,15-17,19,22-23H,12,14,18,20-21H2,1-3H3/t23-,30-/m0/s1. The Kier molecular flexibility index (Phi) is 7.64. The lowest BCUT2D eigenvalue weighted by Crippen LogP contribution is -2.56. The summed E-state index contributed by atoms with van der Waals surface area (Å²) in [6.07, 6.45) is 4.61. The lowest BCUT2D eigenvalue weighted by Gasteiger charge is -2.47. The zero-order valence-corrected chi connectivity index (χ0v) is 23.3. The number of rotatable bonds is 8. The van der Waals surface area contributed by atoms with E-state index in [0.717, 1.165) is 11.3 Å². The minimum absolute atomic E-state index is 0.0296. The molecule has 39 heavy (non-hydrogen) atoms. The van der Waals surface area contributed by atoms with Gasteiger partial charge in [-0.25, -0.2) is 12.8 Å². The molecule has 0 unspecified atom stereocenters. The topological polar surface area (TPSA) is 72.0 Å². The van der Waals surface area contributed by atoms with Gasteiger partial charge in [0.2, 0.25) is 0 Å². The predicted octanol–water partition coefficient (Wildman–Crippen LogP) is 5.67. The van der Waals surface area contributed by atoms with Crippen LogP contribution in [0.3, 0.4) is 0 Å². The van der Waals surface area contributed by atoms with Crippen LogP contribution in [-0.4, -0.2) is 42.5 Å². The second-order valence-corrected chi connectivity index (χ2v) is 12.2. The summed E-state index contributed by atoms with van der Waals surface area (Å²) in [7, 11) is -3.69. The molecule has 1 spiro atoms. The second-order valence-electron chi connectivity index (χ2n) is 10.5. The van der Waals surface area contributed by atoms with Crippen LogP contribution in [0.25, 0.3) is 0 Å². The Bertz CT molecular complexity index is 1450. The fraction of sp³-hybridized carbons (Fsp3) is 0.367. The van der Waals surface area contributed by atoms with Crippen LogP contribution in [0, 0.1) is 5.82 Å². The van der Waals surface area contributed by atoms with Crippen LogP contribution in [0.15, 0.2) is 78.3 Å². The summed E-state index contributed by atoms with van der Waals surface area (Å²) in [6, 6.07) is 17.7. The molecule has 1 saturated heterocycles. The Hall–Kier alpha value is -3.43. The van der Waals surface area contributed by atoms with Crippen molar-refractivity contribution in [3.8, 4) is 11.5 Å². The van der Waals surface area contributed by atoms with E-state index in [1.165, 1.54) is 21.8 Å². The van der Waals surface area contributed by atoms with Crippen LogP contribution < -0.4 is 13.8 Å². The van der Waals surface area contributed by atoms with Gasteiger partial charge in [0.15, 0.2) is 11.5 Å². The number of piperidine rings is 1. The number of sulfonamides is 1. The van der Waals surface area contributed by atoms with E-state index < -0.39 is 21.4 Å². The molecule has 3 aromatic rings. The number of hydrogen-bond acceptors (Lipinski definition) is 6. The van der Waals surface area contributed by atoms with Crippen molar-refractivity contribution in [2.45, 2.75) is 64.4 Å². The van der Waals surface area contributed by atoms with Crippen molar-refractivity contribution < 1.29 is 22.3 Å². The minimum atomic E-state index is -3.69. The van der Waals surface area contributed by atoms with Crippen molar-refractivity contribution in [2.75, 3.05) is 10.8 Å². The van der Waals surface area contributed by atoms with E-state index >= 15 is 0 Å². The molecular formula is C30H34FN3O4S. The number of ether oxygens (including phenoxy) is 2. The fourth-order valence-corrected chi connectivity index (χ4v) is 7.11. The first-order chi connectivity index (χ1) is 18.6. The normalized spacial score (nSPS) is 22.5. The Balaban J connectivity index is 1.31. The first-order valence-electron chi connectivity index (χ1n) is 13.2. The Labute approximate surface area is 229 Å². The summed E-state index contributed by atoms with van der Waals surface area (Å²) < 4.78 is 53.5. The molecule has 5 rings (SSSR count). The number of pyridine rings is 1. The van der Waals surface area contributed by atoms with Gasteiger partial charge in [-0.15, -0.1) is 0 Å². The lowest BCUT2D eigenvalue weighted by molar-refractivity contribution is 0.118. The van der Waals surface area contributed by atoms with Gasteiger partial charge in [0.25, 0.3) is 10.0 Å². The summed E-state index contributed by atoms with van der Waals surface area (Å²) in [6.45, 7) is 7.69. The number of hydrogen-bond donors (Lipinski definition) is 0. The highest BCUT2D eigenvalue weighted by atomic mass is 32.2. The Morgan fingerprint density at radius 2 is 1.90 bits per heavy atom. The van der Waals surface area contributed by atoms with Gasteiger partial charge in [0.05, 0.1) is 29.2 Å². The summed E-state index contributed by atoms with van der Waals surface area (Å²) in [4.78, 5) is 6.95. The van der Waals surface area contributed by atoms with Gasteiger partial charge in [-0.2, -0.15) is 0 Å². The molecule has 3 heterocycles. The van der Waals surface area contributed by atoms with Crippen LogP contribution in [0.1, 0.15) is 44.9 Å². The molecule has 2 atom stereocenters. The van der Waals surface area contributed by atoms with Gasteiger partial charge >= 0.3 is 0 Å². The zero-order chi connectivity index (χ0) is 27.6. The van der Waals surface area contributed by atoms with E-state index in [-0.39, 0.29) is 12.1 Å². The first-order valence-corrected chi connectivity index (χ1v) is 14.7. The Morgan fingerprint density at radius 1 is 1.10 bits per heavy atom. The van der Waals surface area contributed by atoms with E-state index in [1.54, 1.807) is 24.4 Å². The number of likely N-dealkylation sites (tertiary alicyclic amines) is 1. The van der Waals surface area contributed by atoms with E-state index in [4.69, 9.17) is 9.47 Å². The molecule has 0 saturated carbocycles. The molecule has 0 aliphatic carbocycles. The summed E-state index contributed by atoms with van der Waals surface area (Å²) >= 11 is 0. The summed E-state index contributed by atoms with van der Waals surface area (Å²) in [5.41, 5.74) is 1.53. The summed E-state index contributed by atoms with van der Waals surface area (Å²) in [5, 5.41) is 1.26.